The Hall–Kier alpha value is -1.51. The fourth-order valence-corrected chi connectivity index (χ4v) is 2.29. The van der Waals surface area contributed by atoms with Gasteiger partial charge in [-0.05, 0) is 12.8 Å². The SMILES string of the molecule is O=C(O)CN(CC(F)(F)F)C(=O)NC1CCCCCC1O. The van der Waals surface area contributed by atoms with Gasteiger partial charge in [0.05, 0.1) is 12.1 Å². The maximum Gasteiger partial charge on any atom is 0.406 e. The predicted octanol–water partition coefficient (Wildman–Crippen LogP) is 1.34. The number of aliphatic carboxylic acids is 1. The second kappa shape index (κ2) is 7.48. The zero-order chi connectivity index (χ0) is 16.0. The molecule has 0 aromatic carbocycles. The van der Waals surface area contributed by atoms with Crippen LogP contribution in [0.2, 0.25) is 0 Å². The Balaban J connectivity index is 2.68. The molecule has 0 saturated heterocycles. The summed E-state index contributed by atoms with van der Waals surface area (Å²) in [6, 6.07) is -1.77. The number of nitrogens with one attached hydrogen (secondary N) is 1. The Morgan fingerprint density at radius 1 is 1.19 bits per heavy atom. The summed E-state index contributed by atoms with van der Waals surface area (Å²) in [6.45, 7) is -2.69. The topological polar surface area (TPSA) is 89.9 Å². The number of urea groups is 1. The van der Waals surface area contributed by atoms with Gasteiger partial charge in [-0.25, -0.2) is 4.79 Å². The molecule has 6 nitrogen and oxygen atoms in total. The minimum absolute atomic E-state index is 0.181. The number of carboxylic acid groups (broad SMARTS) is 1. The van der Waals surface area contributed by atoms with E-state index in [4.69, 9.17) is 5.11 Å². The van der Waals surface area contributed by atoms with Gasteiger partial charge in [-0.15, -0.1) is 0 Å². The maximum absolute atomic E-state index is 12.4. The lowest BCUT2D eigenvalue weighted by molar-refractivity contribution is -0.149. The molecule has 0 heterocycles. The number of aliphatic hydroxyl groups is 1. The molecule has 2 unspecified atom stereocenters. The third kappa shape index (κ3) is 6.65. The summed E-state index contributed by atoms with van der Waals surface area (Å²) in [5, 5.41) is 20.7. The number of carbonyl (C=O) groups is 2. The van der Waals surface area contributed by atoms with Crippen molar-refractivity contribution < 1.29 is 33.0 Å². The van der Waals surface area contributed by atoms with Crippen molar-refractivity contribution in [3.63, 3.8) is 0 Å². The highest BCUT2D eigenvalue weighted by Crippen LogP contribution is 2.19. The van der Waals surface area contributed by atoms with Crippen LogP contribution in [0.4, 0.5) is 18.0 Å². The van der Waals surface area contributed by atoms with Crippen molar-refractivity contribution in [3.05, 3.63) is 0 Å². The summed E-state index contributed by atoms with van der Waals surface area (Å²) in [5.74, 6) is -1.53. The van der Waals surface area contributed by atoms with Crippen LogP contribution in [0.5, 0.6) is 0 Å². The number of halogens is 3. The highest BCUT2D eigenvalue weighted by atomic mass is 19.4. The zero-order valence-corrected chi connectivity index (χ0v) is 11.4. The van der Waals surface area contributed by atoms with Gasteiger partial charge in [-0.3, -0.25) is 4.79 Å². The van der Waals surface area contributed by atoms with E-state index in [1.807, 2.05) is 0 Å². The molecule has 0 aliphatic heterocycles. The Kier molecular flexibility index (Phi) is 6.25. The number of amides is 2. The quantitative estimate of drug-likeness (QED) is 0.683. The number of aliphatic hydroxyl groups excluding tert-OH is 1. The van der Waals surface area contributed by atoms with Gasteiger partial charge in [0.25, 0.3) is 0 Å². The first-order valence-electron chi connectivity index (χ1n) is 6.71. The molecule has 1 fully saturated rings. The van der Waals surface area contributed by atoms with E-state index < -0.39 is 43.4 Å². The lowest BCUT2D eigenvalue weighted by atomic mass is 10.1. The van der Waals surface area contributed by atoms with Crippen molar-refractivity contribution in [1.29, 1.82) is 0 Å². The van der Waals surface area contributed by atoms with Crippen LogP contribution in [-0.2, 0) is 4.79 Å². The van der Waals surface area contributed by atoms with E-state index in [1.54, 1.807) is 0 Å². The third-order valence-corrected chi connectivity index (χ3v) is 3.27. The van der Waals surface area contributed by atoms with E-state index in [2.05, 4.69) is 5.32 Å². The van der Waals surface area contributed by atoms with Crippen molar-refractivity contribution >= 4 is 12.0 Å². The summed E-state index contributed by atoms with van der Waals surface area (Å²) in [5.41, 5.74) is 0. The molecule has 9 heteroatoms. The monoisotopic (exact) mass is 312 g/mol. The molecule has 1 aliphatic carbocycles. The van der Waals surface area contributed by atoms with Crippen molar-refractivity contribution in [3.8, 4) is 0 Å². The largest absolute Gasteiger partial charge is 0.480 e. The van der Waals surface area contributed by atoms with E-state index in [0.717, 1.165) is 19.3 Å². The molecule has 0 spiro atoms. The second-order valence-electron chi connectivity index (χ2n) is 5.13. The molecule has 0 bridgehead atoms. The van der Waals surface area contributed by atoms with Crippen LogP contribution in [0.3, 0.4) is 0 Å². The Morgan fingerprint density at radius 3 is 2.38 bits per heavy atom. The van der Waals surface area contributed by atoms with Crippen molar-refractivity contribution in [2.24, 2.45) is 0 Å². The van der Waals surface area contributed by atoms with E-state index >= 15 is 0 Å². The number of alkyl halides is 3. The van der Waals surface area contributed by atoms with Crippen molar-refractivity contribution in [2.45, 2.75) is 50.4 Å². The van der Waals surface area contributed by atoms with Crippen molar-refractivity contribution in [2.75, 3.05) is 13.1 Å². The molecular formula is C12H19F3N2O4. The Labute approximate surface area is 119 Å². The molecule has 2 amide bonds. The van der Waals surface area contributed by atoms with Gasteiger partial charge in [0.2, 0.25) is 0 Å². The third-order valence-electron chi connectivity index (χ3n) is 3.27. The summed E-state index contributed by atoms with van der Waals surface area (Å²) in [4.78, 5) is 22.6. The number of carbonyl (C=O) groups excluding carboxylic acids is 1. The van der Waals surface area contributed by atoms with E-state index in [-0.39, 0.29) is 4.90 Å². The van der Waals surface area contributed by atoms with E-state index in [0.29, 0.717) is 12.8 Å². The number of hydrogen-bond acceptors (Lipinski definition) is 3. The first kappa shape index (κ1) is 17.5. The van der Waals surface area contributed by atoms with Crippen LogP contribution in [0.15, 0.2) is 0 Å². The van der Waals surface area contributed by atoms with Crippen LogP contribution < -0.4 is 5.32 Å². The first-order valence-corrected chi connectivity index (χ1v) is 6.71. The normalized spacial score (nSPS) is 23.2. The highest BCUT2D eigenvalue weighted by Gasteiger charge is 2.35. The first-order chi connectivity index (χ1) is 9.69. The molecule has 1 aliphatic rings. The van der Waals surface area contributed by atoms with Crippen molar-refractivity contribution in [1.82, 2.24) is 10.2 Å². The smallest absolute Gasteiger partial charge is 0.406 e. The van der Waals surface area contributed by atoms with E-state index in [1.165, 1.54) is 0 Å². The minimum atomic E-state index is -4.69. The molecule has 1 saturated carbocycles. The van der Waals surface area contributed by atoms with Crippen LogP contribution >= 0.6 is 0 Å². The molecule has 21 heavy (non-hydrogen) atoms. The molecule has 3 N–H and O–H groups in total. The fourth-order valence-electron chi connectivity index (χ4n) is 2.29. The van der Waals surface area contributed by atoms with E-state index in [9.17, 15) is 27.9 Å². The number of nitrogens with zero attached hydrogens (tertiary/aromatic N) is 1. The zero-order valence-electron chi connectivity index (χ0n) is 11.4. The molecule has 0 aromatic heterocycles. The molecule has 1 rings (SSSR count). The Bertz CT molecular complexity index is 376. The maximum atomic E-state index is 12.4. The van der Waals surface area contributed by atoms with Crippen LogP contribution in [0, 0.1) is 0 Å². The molecule has 122 valence electrons. The molecule has 2 atom stereocenters. The lowest BCUT2D eigenvalue weighted by Gasteiger charge is -2.27. The fraction of sp³-hybridized carbons (Fsp3) is 0.833. The number of hydrogen-bond donors (Lipinski definition) is 3. The summed E-state index contributed by atoms with van der Waals surface area (Å²) >= 11 is 0. The molecule has 0 radical (unpaired) electrons. The van der Waals surface area contributed by atoms with Gasteiger partial charge in [-0.1, -0.05) is 19.3 Å². The molecule has 0 aromatic rings. The summed E-state index contributed by atoms with van der Waals surface area (Å²) in [6.07, 6.45) is -2.17. The minimum Gasteiger partial charge on any atom is -0.480 e. The number of carboxylic acids is 1. The van der Waals surface area contributed by atoms with Gasteiger partial charge in [0.1, 0.15) is 13.1 Å². The van der Waals surface area contributed by atoms with Gasteiger partial charge >= 0.3 is 18.2 Å². The standard InChI is InChI=1S/C12H19F3N2O4/c13-12(14,15)7-17(6-10(19)20)11(21)16-8-4-2-1-3-5-9(8)18/h8-9,18H,1-7H2,(H,16,21)(H,19,20). The van der Waals surface area contributed by atoms with Crippen LogP contribution in [0.25, 0.3) is 0 Å². The lowest BCUT2D eigenvalue weighted by Crippen LogP contribution is -2.52. The van der Waals surface area contributed by atoms with Gasteiger partial charge in [-0.2, -0.15) is 13.2 Å². The van der Waals surface area contributed by atoms with Crippen LogP contribution in [-0.4, -0.2) is 58.5 Å². The number of rotatable bonds is 4. The van der Waals surface area contributed by atoms with Gasteiger partial charge in [0.15, 0.2) is 0 Å². The van der Waals surface area contributed by atoms with Gasteiger partial charge < -0.3 is 20.4 Å². The molecular weight excluding hydrogens is 293 g/mol. The second-order valence-corrected chi connectivity index (χ2v) is 5.13. The summed E-state index contributed by atoms with van der Waals surface area (Å²) in [7, 11) is 0. The van der Waals surface area contributed by atoms with Crippen LogP contribution in [0.1, 0.15) is 32.1 Å². The highest BCUT2D eigenvalue weighted by molar-refractivity contribution is 5.80. The predicted molar refractivity (Wildman–Crippen MR) is 66.7 cm³/mol. The summed E-state index contributed by atoms with van der Waals surface area (Å²) < 4.78 is 37.1. The van der Waals surface area contributed by atoms with Gasteiger partial charge in [0, 0.05) is 0 Å². The Morgan fingerprint density at radius 2 is 1.81 bits per heavy atom. The average Bonchev–Trinajstić information content (AvgIpc) is 2.52. The average molecular weight is 312 g/mol.